The smallest absolute Gasteiger partial charge is 0.254 e. The zero-order valence-electron chi connectivity index (χ0n) is 23.8. The molecule has 5 rings (SSSR count). The molecule has 41 heavy (non-hydrogen) atoms. The Bertz CT molecular complexity index is 1320. The molecule has 2 fully saturated rings. The molecule has 1 aromatic heterocycles. The van der Waals surface area contributed by atoms with Gasteiger partial charge in [-0.15, -0.1) is 11.3 Å². The molecule has 0 aliphatic carbocycles. The summed E-state index contributed by atoms with van der Waals surface area (Å²) < 4.78 is 17.2. The van der Waals surface area contributed by atoms with Gasteiger partial charge in [-0.3, -0.25) is 9.59 Å². The van der Waals surface area contributed by atoms with Gasteiger partial charge < -0.3 is 29.3 Å². The van der Waals surface area contributed by atoms with Gasteiger partial charge in [-0.1, -0.05) is 6.07 Å². The third kappa shape index (κ3) is 7.18. The van der Waals surface area contributed by atoms with Gasteiger partial charge in [0, 0.05) is 48.7 Å². The van der Waals surface area contributed by atoms with Crippen LogP contribution in [0.3, 0.4) is 0 Å². The predicted molar refractivity (Wildman–Crippen MR) is 159 cm³/mol. The first-order valence-corrected chi connectivity index (χ1v) is 15.1. The van der Waals surface area contributed by atoms with Crippen LogP contribution in [0.15, 0.2) is 48.0 Å². The molecule has 2 aliphatic heterocycles. The normalized spacial score (nSPS) is 17.5. The van der Waals surface area contributed by atoms with Crippen molar-refractivity contribution in [2.24, 2.45) is 0 Å². The standard InChI is InChI=1S/C31H38N4O5S/c1-22-29(41-21-33-22)12-16-40-27-11-6-23(19-28(27)38-2)20-35(26-5-3-4-13-32-30(26)36)31(37)24-7-9-25(10-8-24)34-14-17-39-18-15-34/h6-11,19,21,26H,3-5,12-18,20H2,1-2H3,(H,32,36)/t26-/m0/s1. The maximum Gasteiger partial charge on any atom is 0.254 e. The lowest BCUT2D eigenvalue weighted by atomic mass is 10.0. The lowest BCUT2D eigenvalue weighted by Gasteiger charge is -2.31. The van der Waals surface area contributed by atoms with E-state index >= 15 is 0 Å². The molecule has 1 atom stereocenters. The van der Waals surface area contributed by atoms with E-state index in [2.05, 4.69) is 15.2 Å². The van der Waals surface area contributed by atoms with Crippen molar-refractivity contribution < 1.29 is 23.8 Å². The summed E-state index contributed by atoms with van der Waals surface area (Å²) in [6, 6.07) is 12.8. The van der Waals surface area contributed by atoms with Crippen molar-refractivity contribution in [3.63, 3.8) is 0 Å². The second kappa shape index (κ2) is 13.8. The average Bonchev–Trinajstić information content (AvgIpc) is 3.30. The number of aryl methyl sites for hydroxylation is 1. The van der Waals surface area contributed by atoms with Crippen molar-refractivity contribution in [3.05, 3.63) is 69.7 Å². The highest BCUT2D eigenvalue weighted by Crippen LogP contribution is 2.30. The summed E-state index contributed by atoms with van der Waals surface area (Å²) in [5.74, 6) is 0.962. The number of morpholine rings is 1. The molecule has 0 saturated carbocycles. The molecule has 2 aliphatic rings. The molecule has 2 aromatic carbocycles. The van der Waals surface area contributed by atoms with Crippen LogP contribution in [0, 0.1) is 6.92 Å². The minimum absolute atomic E-state index is 0.105. The van der Waals surface area contributed by atoms with E-state index in [4.69, 9.17) is 14.2 Å². The van der Waals surface area contributed by atoms with Gasteiger partial charge in [0.2, 0.25) is 5.91 Å². The Morgan fingerprint density at radius 3 is 2.68 bits per heavy atom. The Kier molecular flexibility index (Phi) is 9.74. The van der Waals surface area contributed by atoms with E-state index in [1.165, 1.54) is 4.88 Å². The molecule has 3 aromatic rings. The van der Waals surface area contributed by atoms with E-state index in [1.54, 1.807) is 23.3 Å². The van der Waals surface area contributed by atoms with Gasteiger partial charge in [0.1, 0.15) is 6.04 Å². The predicted octanol–water partition coefficient (Wildman–Crippen LogP) is 4.23. The van der Waals surface area contributed by atoms with E-state index in [1.807, 2.05) is 54.9 Å². The summed E-state index contributed by atoms with van der Waals surface area (Å²) in [5, 5.41) is 2.99. The zero-order valence-corrected chi connectivity index (χ0v) is 24.6. The maximum absolute atomic E-state index is 13.9. The molecule has 1 N–H and O–H groups in total. The largest absolute Gasteiger partial charge is 0.493 e. The van der Waals surface area contributed by atoms with Gasteiger partial charge in [-0.05, 0) is 68.1 Å². The summed E-state index contributed by atoms with van der Waals surface area (Å²) in [4.78, 5) is 36.5. The Labute approximate surface area is 245 Å². The first-order valence-electron chi connectivity index (χ1n) is 14.2. The number of hydrogen-bond acceptors (Lipinski definition) is 8. The van der Waals surface area contributed by atoms with Crippen LogP contribution in [0.2, 0.25) is 0 Å². The topological polar surface area (TPSA) is 93.2 Å². The van der Waals surface area contributed by atoms with Gasteiger partial charge in [0.15, 0.2) is 11.5 Å². The number of benzene rings is 2. The fraction of sp³-hybridized carbons (Fsp3) is 0.452. The molecular weight excluding hydrogens is 540 g/mol. The van der Waals surface area contributed by atoms with Crippen LogP contribution in [0.1, 0.15) is 45.8 Å². The molecule has 2 saturated heterocycles. The van der Waals surface area contributed by atoms with Crippen molar-refractivity contribution in [1.82, 2.24) is 15.2 Å². The van der Waals surface area contributed by atoms with Crippen LogP contribution in [0.5, 0.6) is 11.5 Å². The van der Waals surface area contributed by atoms with Crippen LogP contribution in [0.4, 0.5) is 5.69 Å². The quantitative estimate of drug-likeness (QED) is 0.385. The van der Waals surface area contributed by atoms with Crippen LogP contribution >= 0.6 is 11.3 Å². The van der Waals surface area contributed by atoms with Crippen molar-refractivity contribution in [3.8, 4) is 11.5 Å². The van der Waals surface area contributed by atoms with Gasteiger partial charge in [0.05, 0.1) is 38.1 Å². The van der Waals surface area contributed by atoms with E-state index in [0.29, 0.717) is 49.8 Å². The molecule has 2 amide bonds. The number of anilines is 1. The third-order valence-corrected chi connectivity index (χ3v) is 8.64. The Morgan fingerprint density at radius 2 is 1.95 bits per heavy atom. The Hall–Kier alpha value is -3.63. The van der Waals surface area contributed by atoms with E-state index < -0.39 is 6.04 Å². The van der Waals surface area contributed by atoms with E-state index in [9.17, 15) is 9.59 Å². The fourth-order valence-electron chi connectivity index (χ4n) is 5.29. The number of aromatic nitrogens is 1. The maximum atomic E-state index is 13.9. The third-order valence-electron chi connectivity index (χ3n) is 7.65. The summed E-state index contributed by atoms with van der Waals surface area (Å²) in [7, 11) is 1.61. The van der Waals surface area contributed by atoms with Crippen LogP contribution in [-0.2, 0) is 22.5 Å². The van der Waals surface area contributed by atoms with Crippen LogP contribution in [0.25, 0.3) is 0 Å². The monoisotopic (exact) mass is 578 g/mol. The SMILES string of the molecule is COc1cc(CN(C(=O)c2ccc(N3CCOCC3)cc2)[C@H]2CCCCNC2=O)ccc1OCCc1scnc1C. The number of carbonyl (C=O) groups excluding carboxylic acids is 2. The number of carbonyl (C=O) groups is 2. The first-order chi connectivity index (χ1) is 20.0. The molecule has 218 valence electrons. The zero-order chi connectivity index (χ0) is 28.6. The Balaban J connectivity index is 1.34. The number of amides is 2. The molecule has 0 radical (unpaired) electrons. The second-order valence-electron chi connectivity index (χ2n) is 10.3. The fourth-order valence-corrected chi connectivity index (χ4v) is 6.05. The van der Waals surface area contributed by atoms with E-state index in [-0.39, 0.29) is 18.4 Å². The lowest BCUT2D eigenvalue weighted by molar-refractivity contribution is -0.125. The van der Waals surface area contributed by atoms with Crippen LogP contribution < -0.4 is 19.7 Å². The van der Waals surface area contributed by atoms with Crippen molar-refractivity contribution >= 4 is 28.8 Å². The summed E-state index contributed by atoms with van der Waals surface area (Å²) in [6.45, 7) is 6.47. The van der Waals surface area contributed by atoms with Crippen molar-refractivity contribution in [2.75, 3.05) is 51.5 Å². The first kappa shape index (κ1) is 28.9. The molecule has 3 heterocycles. The minimum Gasteiger partial charge on any atom is -0.493 e. The Morgan fingerprint density at radius 1 is 1.15 bits per heavy atom. The molecule has 0 spiro atoms. The van der Waals surface area contributed by atoms with Crippen LogP contribution in [-0.4, -0.2) is 74.3 Å². The van der Waals surface area contributed by atoms with Gasteiger partial charge in [0.25, 0.3) is 5.91 Å². The lowest BCUT2D eigenvalue weighted by Crippen LogP contribution is -2.48. The average molecular weight is 579 g/mol. The highest BCUT2D eigenvalue weighted by molar-refractivity contribution is 7.09. The van der Waals surface area contributed by atoms with Crippen molar-refractivity contribution in [1.29, 1.82) is 0 Å². The molecule has 0 unspecified atom stereocenters. The minimum atomic E-state index is -0.548. The second-order valence-corrected chi connectivity index (χ2v) is 11.3. The molecule has 0 bridgehead atoms. The summed E-state index contributed by atoms with van der Waals surface area (Å²) >= 11 is 1.63. The van der Waals surface area contributed by atoms with Crippen molar-refractivity contribution in [2.45, 2.75) is 45.2 Å². The highest BCUT2D eigenvalue weighted by atomic mass is 32.1. The van der Waals surface area contributed by atoms with Gasteiger partial charge in [-0.25, -0.2) is 4.98 Å². The number of hydrogen-bond donors (Lipinski definition) is 1. The number of methoxy groups -OCH3 is 1. The number of ether oxygens (including phenoxy) is 3. The summed E-state index contributed by atoms with van der Waals surface area (Å²) in [5.41, 5.74) is 5.37. The summed E-state index contributed by atoms with van der Waals surface area (Å²) in [6.07, 6.45) is 3.17. The highest BCUT2D eigenvalue weighted by Gasteiger charge is 2.32. The van der Waals surface area contributed by atoms with E-state index in [0.717, 1.165) is 49.3 Å². The number of nitrogens with zero attached hydrogens (tertiary/aromatic N) is 3. The number of rotatable bonds is 10. The van der Waals surface area contributed by atoms with Gasteiger partial charge >= 0.3 is 0 Å². The molecule has 10 heteroatoms. The van der Waals surface area contributed by atoms with Gasteiger partial charge in [-0.2, -0.15) is 0 Å². The number of nitrogens with one attached hydrogen (secondary N) is 1. The molecule has 9 nitrogen and oxygen atoms in total. The number of thiazole rings is 1. The molecular formula is C31H38N4O5S.